The van der Waals surface area contributed by atoms with Gasteiger partial charge in [-0.2, -0.15) is 0 Å². The second-order valence-corrected chi connectivity index (χ2v) is 5.96. The predicted octanol–water partition coefficient (Wildman–Crippen LogP) is 1.13. The van der Waals surface area contributed by atoms with E-state index < -0.39 is 11.6 Å². The Kier molecular flexibility index (Phi) is 4.02. The molecule has 22 heavy (non-hydrogen) atoms. The lowest BCUT2D eigenvalue weighted by Crippen LogP contribution is -2.67. The maximum atomic E-state index is 12.5. The molecule has 2 aliphatic heterocycles. The molecule has 0 aliphatic carbocycles. The van der Waals surface area contributed by atoms with Crippen LogP contribution >= 0.6 is 0 Å². The number of nitrogens with one attached hydrogen (secondary N) is 1. The summed E-state index contributed by atoms with van der Waals surface area (Å²) in [5.41, 5.74) is 0.609. The molecular weight excluding hydrogens is 282 g/mol. The summed E-state index contributed by atoms with van der Waals surface area (Å²) in [5.74, 6) is 0.0414. The number of carbonyl (C=O) groups excluding carboxylic acids is 1. The van der Waals surface area contributed by atoms with Crippen LogP contribution in [0.3, 0.4) is 0 Å². The summed E-state index contributed by atoms with van der Waals surface area (Å²) in [4.78, 5) is 27.2. The molecule has 3 rings (SSSR count). The maximum Gasteiger partial charge on any atom is 0.407 e. The Morgan fingerprint density at radius 1 is 1.18 bits per heavy atom. The summed E-state index contributed by atoms with van der Waals surface area (Å²) in [6.45, 7) is 2.99. The van der Waals surface area contributed by atoms with Crippen LogP contribution in [0.5, 0.6) is 0 Å². The average Bonchev–Trinajstić information content (AvgIpc) is 2.53. The fourth-order valence-corrected chi connectivity index (χ4v) is 3.47. The molecule has 0 radical (unpaired) electrons. The van der Waals surface area contributed by atoms with Gasteiger partial charge in [-0.1, -0.05) is 30.3 Å². The van der Waals surface area contributed by atoms with Crippen LogP contribution in [0, 0.1) is 0 Å². The van der Waals surface area contributed by atoms with E-state index in [0.29, 0.717) is 32.5 Å². The number of hydrogen-bond donors (Lipinski definition) is 2. The number of hydrogen-bond acceptors (Lipinski definition) is 3. The lowest BCUT2D eigenvalue weighted by molar-refractivity contribution is -0.141. The molecule has 2 fully saturated rings. The highest BCUT2D eigenvalue weighted by atomic mass is 16.4. The second-order valence-electron chi connectivity index (χ2n) is 5.96. The number of carboxylic acid groups (broad SMARTS) is 1. The minimum absolute atomic E-state index is 0.0414. The molecule has 1 aromatic rings. The van der Waals surface area contributed by atoms with Crippen molar-refractivity contribution in [3.8, 4) is 0 Å². The number of likely N-dealkylation sites (tertiary alicyclic amines) is 1. The van der Waals surface area contributed by atoms with Gasteiger partial charge in [-0.25, -0.2) is 4.79 Å². The van der Waals surface area contributed by atoms with E-state index in [4.69, 9.17) is 5.11 Å². The van der Waals surface area contributed by atoms with Gasteiger partial charge in [-0.3, -0.25) is 9.69 Å². The van der Waals surface area contributed by atoms with Gasteiger partial charge in [-0.05, 0) is 18.4 Å². The van der Waals surface area contributed by atoms with Crippen LogP contribution < -0.4 is 5.32 Å². The van der Waals surface area contributed by atoms with Gasteiger partial charge in [0.2, 0.25) is 5.91 Å². The van der Waals surface area contributed by atoms with Crippen molar-refractivity contribution in [2.24, 2.45) is 0 Å². The van der Waals surface area contributed by atoms with E-state index in [-0.39, 0.29) is 5.91 Å². The Morgan fingerprint density at radius 3 is 2.50 bits per heavy atom. The van der Waals surface area contributed by atoms with Gasteiger partial charge < -0.3 is 15.3 Å². The molecule has 0 bridgehead atoms. The molecule has 2 saturated heterocycles. The summed E-state index contributed by atoms with van der Waals surface area (Å²) in [6.07, 6.45) is 0.205. The summed E-state index contributed by atoms with van der Waals surface area (Å²) in [6, 6.07) is 10.1. The Hall–Kier alpha value is -2.08. The highest BCUT2D eigenvalue weighted by Gasteiger charge is 2.48. The Balaban J connectivity index is 1.79. The topological polar surface area (TPSA) is 72.9 Å². The number of amides is 2. The maximum absolute atomic E-state index is 12.5. The van der Waals surface area contributed by atoms with Gasteiger partial charge in [0.05, 0.1) is 0 Å². The van der Waals surface area contributed by atoms with Gasteiger partial charge in [0.25, 0.3) is 0 Å². The van der Waals surface area contributed by atoms with Crippen molar-refractivity contribution in [3.05, 3.63) is 35.9 Å². The number of carbonyl (C=O) groups is 2. The largest absolute Gasteiger partial charge is 0.465 e. The first-order valence-corrected chi connectivity index (χ1v) is 7.67. The number of piperazine rings is 1. The number of rotatable bonds is 2. The third kappa shape index (κ3) is 2.66. The Labute approximate surface area is 129 Å². The van der Waals surface area contributed by atoms with Crippen molar-refractivity contribution in [1.82, 2.24) is 15.1 Å². The van der Waals surface area contributed by atoms with E-state index >= 15 is 0 Å². The van der Waals surface area contributed by atoms with Crippen molar-refractivity contribution in [1.29, 1.82) is 0 Å². The number of nitrogens with zero attached hydrogens (tertiary/aromatic N) is 2. The van der Waals surface area contributed by atoms with E-state index in [9.17, 15) is 9.59 Å². The Morgan fingerprint density at radius 2 is 1.86 bits per heavy atom. The molecule has 6 heteroatoms. The highest BCUT2D eigenvalue weighted by Crippen LogP contribution is 2.32. The summed E-state index contributed by atoms with van der Waals surface area (Å²) in [5, 5.41) is 12.1. The highest BCUT2D eigenvalue weighted by molar-refractivity contribution is 5.87. The molecule has 1 spiro atoms. The smallest absolute Gasteiger partial charge is 0.407 e. The van der Waals surface area contributed by atoms with E-state index in [1.54, 1.807) is 0 Å². The third-order valence-electron chi connectivity index (χ3n) is 4.77. The molecule has 1 aromatic carbocycles. The molecule has 2 amide bonds. The molecule has 2 heterocycles. The monoisotopic (exact) mass is 303 g/mol. The molecule has 0 unspecified atom stereocenters. The minimum atomic E-state index is -0.902. The van der Waals surface area contributed by atoms with E-state index in [0.717, 1.165) is 13.1 Å². The first-order chi connectivity index (χ1) is 10.6. The molecule has 0 saturated carbocycles. The van der Waals surface area contributed by atoms with Crippen molar-refractivity contribution in [2.45, 2.75) is 24.9 Å². The average molecular weight is 303 g/mol. The Bertz CT molecular complexity index is 553. The quantitative estimate of drug-likeness (QED) is 0.859. The SMILES string of the molecule is O=C(O)N1CCC2(CC1)C(=O)NCCN2Cc1ccccc1. The number of piperidine rings is 1. The fraction of sp³-hybridized carbons (Fsp3) is 0.500. The van der Waals surface area contributed by atoms with Gasteiger partial charge in [0.1, 0.15) is 5.54 Å². The molecule has 0 atom stereocenters. The lowest BCUT2D eigenvalue weighted by atomic mass is 9.83. The number of benzene rings is 1. The summed E-state index contributed by atoms with van der Waals surface area (Å²) >= 11 is 0. The van der Waals surface area contributed by atoms with Crippen LogP contribution in [-0.2, 0) is 11.3 Å². The lowest BCUT2D eigenvalue weighted by Gasteiger charge is -2.49. The minimum Gasteiger partial charge on any atom is -0.465 e. The summed E-state index contributed by atoms with van der Waals surface area (Å²) in [7, 11) is 0. The zero-order chi connectivity index (χ0) is 15.6. The first kappa shape index (κ1) is 14.8. The molecule has 6 nitrogen and oxygen atoms in total. The van der Waals surface area contributed by atoms with Crippen LogP contribution in [-0.4, -0.2) is 58.6 Å². The summed E-state index contributed by atoms with van der Waals surface area (Å²) < 4.78 is 0. The zero-order valence-corrected chi connectivity index (χ0v) is 12.5. The molecule has 118 valence electrons. The van der Waals surface area contributed by atoms with Crippen LogP contribution in [0.4, 0.5) is 4.79 Å². The fourth-order valence-electron chi connectivity index (χ4n) is 3.47. The molecule has 0 aromatic heterocycles. The molecule has 2 aliphatic rings. The zero-order valence-electron chi connectivity index (χ0n) is 12.5. The van der Waals surface area contributed by atoms with Crippen molar-refractivity contribution >= 4 is 12.0 Å². The molecular formula is C16H21N3O3. The van der Waals surface area contributed by atoms with Crippen LogP contribution in [0.2, 0.25) is 0 Å². The van der Waals surface area contributed by atoms with E-state index in [1.807, 2.05) is 18.2 Å². The van der Waals surface area contributed by atoms with Crippen LogP contribution in [0.1, 0.15) is 18.4 Å². The second kappa shape index (κ2) is 5.96. The van der Waals surface area contributed by atoms with Gasteiger partial charge in [0.15, 0.2) is 0 Å². The molecule has 2 N–H and O–H groups in total. The van der Waals surface area contributed by atoms with Gasteiger partial charge >= 0.3 is 6.09 Å². The van der Waals surface area contributed by atoms with Crippen molar-refractivity contribution in [3.63, 3.8) is 0 Å². The van der Waals surface area contributed by atoms with Gasteiger partial charge in [-0.15, -0.1) is 0 Å². The first-order valence-electron chi connectivity index (χ1n) is 7.67. The van der Waals surface area contributed by atoms with Crippen LogP contribution in [0.15, 0.2) is 30.3 Å². The predicted molar refractivity (Wildman–Crippen MR) is 81.4 cm³/mol. The van der Waals surface area contributed by atoms with Gasteiger partial charge in [0, 0.05) is 32.7 Å². The van der Waals surface area contributed by atoms with Crippen molar-refractivity contribution in [2.75, 3.05) is 26.2 Å². The van der Waals surface area contributed by atoms with E-state index in [1.165, 1.54) is 10.5 Å². The van der Waals surface area contributed by atoms with E-state index in [2.05, 4.69) is 22.3 Å². The van der Waals surface area contributed by atoms with Crippen molar-refractivity contribution < 1.29 is 14.7 Å². The standard InChI is InChI=1S/C16H21N3O3/c20-14-16(6-9-18(10-7-16)15(21)22)19(11-8-17-14)12-13-4-2-1-3-5-13/h1-5H,6-12H2,(H,17,20)(H,21,22). The third-order valence-corrected chi connectivity index (χ3v) is 4.77. The van der Waals surface area contributed by atoms with Crippen LogP contribution in [0.25, 0.3) is 0 Å². The normalized spacial score (nSPS) is 21.6.